The molecule has 0 bridgehead atoms. The standard InChI is InChI=1S/C21H29F3N4O4/c1-13(2)9-20(25,12-29)27-17(30)15-5-6-16(18(26-15)32-10-14-3-4-14)28-8-7-19(31,11-28)21(22,23)24/h5-6,12-14,31H,3-4,7-11,25H2,1-2H3,(H,27,30)/t19?,20-/m0/s1. The quantitative estimate of drug-likeness (QED) is 0.383. The number of anilines is 1. The van der Waals surface area contributed by atoms with E-state index in [0.717, 1.165) is 12.8 Å². The molecule has 0 spiro atoms. The number of rotatable bonds is 9. The number of nitrogens with one attached hydrogen (secondary N) is 1. The number of aldehydes is 1. The monoisotopic (exact) mass is 458 g/mol. The Kier molecular flexibility index (Phi) is 6.71. The highest BCUT2D eigenvalue weighted by Gasteiger charge is 2.57. The van der Waals surface area contributed by atoms with E-state index in [1.165, 1.54) is 17.0 Å². The highest BCUT2D eigenvalue weighted by atomic mass is 19.4. The van der Waals surface area contributed by atoms with Gasteiger partial charge in [0.2, 0.25) is 5.88 Å². The first-order valence-corrected chi connectivity index (χ1v) is 10.6. The summed E-state index contributed by atoms with van der Waals surface area (Å²) in [6, 6.07) is 2.77. The van der Waals surface area contributed by atoms with E-state index in [9.17, 15) is 27.9 Å². The highest BCUT2D eigenvalue weighted by Crippen LogP contribution is 2.41. The van der Waals surface area contributed by atoms with Crippen molar-refractivity contribution in [2.45, 2.75) is 57.0 Å². The van der Waals surface area contributed by atoms with Crippen LogP contribution in [0.1, 0.15) is 50.0 Å². The molecule has 1 unspecified atom stereocenters. The van der Waals surface area contributed by atoms with Crippen molar-refractivity contribution in [3.8, 4) is 5.88 Å². The van der Waals surface area contributed by atoms with Gasteiger partial charge in [-0.25, -0.2) is 4.98 Å². The molecule has 2 aliphatic rings. The van der Waals surface area contributed by atoms with E-state index < -0.39 is 36.3 Å². The largest absolute Gasteiger partial charge is 0.476 e. The lowest BCUT2D eigenvalue weighted by Crippen LogP contribution is -2.58. The van der Waals surface area contributed by atoms with Gasteiger partial charge < -0.3 is 25.8 Å². The number of aromatic nitrogens is 1. The van der Waals surface area contributed by atoms with Crippen molar-refractivity contribution < 1.29 is 32.6 Å². The molecule has 8 nitrogen and oxygen atoms in total. The van der Waals surface area contributed by atoms with Gasteiger partial charge in [0.15, 0.2) is 11.9 Å². The van der Waals surface area contributed by atoms with Crippen molar-refractivity contribution in [3.63, 3.8) is 0 Å². The molecule has 2 fully saturated rings. The maximum absolute atomic E-state index is 13.2. The second-order valence-electron chi connectivity index (χ2n) is 9.19. The molecule has 0 radical (unpaired) electrons. The Hall–Kier alpha value is -2.40. The number of hydrogen-bond donors (Lipinski definition) is 3. The zero-order valence-corrected chi connectivity index (χ0v) is 18.1. The van der Waals surface area contributed by atoms with Crippen LogP contribution in [0.5, 0.6) is 5.88 Å². The van der Waals surface area contributed by atoms with E-state index in [-0.39, 0.29) is 36.1 Å². The number of carbonyl (C=O) groups is 2. The number of amides is 1. The molecule has 1 aliphatic carbocycles. The fourth-order valence-electron chi connectivity index (χ4n) is 3.70. The molecule has 2 heterocycles. The minimum Gasteiger partial charge on any atom is -0.476 e. The van der Waals surface area contributed by atoms with E-state index in [4.69, 9.17) is 10.5 Å². The predicted octanol–water partition coefficient (Wildman–Crippen LogP) is 2.00. The molecular formula is C21H29F3N4O4. The van der Waals surface area contributed by atoms with Gasteiger partial charge >= 0.3 is 6.18 Å². The van der Waals surface area contributed by atoms with Gasteiger partial charge in [-0.15, -0.1) is 0 Å². The van der Waals surface area contributed by atoms with E-state index in [1.807, 2.05) is 13.8 Å². The summed E-state index contributed by atoms with van der Waals surface area (Å²) in [5, 5.41) is 12.5. The molecule has 1 aliphatic heterocycles. The van der Waals surface area contributed by atoms with E-state index in [0.29, 0.717) is 18.8 Å². The molecule has 178 valence electrons. The molecule has 1 aromatic heterocycles. The van der Waals surface area contributed by atoms with Gasteiger partial charge in [-0.1, -0.05) is 13.8 Å². The molecule has 0 aromatic carbocycles. The maximum atomic E-state index is 13.2. The highest BCUT2D eigenvalue weighted by molar-refractivity contribution is 5.95. The summed E-state index contributed by atoms with van der Waals surface area (Å²) in [6.45, 7) is 3.33. The smallest absolute Gasteiger partial charge is 0.418 e. The summed E-state index contributed by atoms with van der Waals surface area (Å²) in [7, 11) is 0. The van der Waals surface area contributed by atoms with Crippen molar-refractivity contribution >= 4 is 17.9 Å². The third-order valence-electron chi connectivity index (χ3n) is 5.64. The molecule has 1 saturated heterocycles. The Morgan fingerprint density at radius 1 is 1.44 bits per heavy atom. The first kappa shape index (κ1) is 24.2. The number of hydrogen-bond acceptors (Lipinski definition) is 7. The van der Waals surface area contributed by atoms with Gasteiger partial charge in [-0.3, -0.25) is 9.59 Å². The normalized spacial score (nSPS) is 23.2. The number of nitrogens with zero attached hydrogens (tertiary/aromatic N) is 2. The lowest BCUT2D eigenvalue weighted by molar-refractivity contribution is -0.250. The minimum atomic E-state index is -4.76. The second kappa shape index (κ2) is 8.86. The summed E-state index contributed by atoms with van der Waals surface area (Å²) in [5.74, 6) is -0.309. The fourth-order valence-corrected chi connectivity index (χ4v) is 3.70. The molecule has 2 atom stereocenters. The van der Waals surface area contributed by atoms with Crippen LogP contribution in [0.15, 0.2) is 12.1 Å². The van der Waals surface area contributed by atoms with Gasteiger partial charge in [0, 0.05) is 13.0 Å². The number of pyridine rings is 1. The number of carbonyl (C=O) groups excluding carboxylic acids is 2. The average molecular weight is 458 g/mol. The van der Waals surface area contributed by atoms with Crippen molar-refractivity contribution in [1.29, 1.82) is 0 Å². The fraction of sp³-hybridized carbons (Fsp3) is 0.667. The zero-order valence-electron chi connectivity index (χ0n) is 18.1. The number of nitrogens with two attached hydrogens (primary N) is 1. The van der Waals surface area contributed by atoms with Crippen LogP contribution < -0.4 is 20.7 Å². The van der Waals surface area contributed by atoms with E-state index in [1.54, 1.807) is 0 Å². The van der Waals surface area contributed by atoms with Crippen LogP contribution >= 0.6 is 0 Å². The van der Waals surface area contributed by atoms with Crippen LogP contribution in [-0.2, 0) is 4.79 Å². The minimum absolute atomic E-state index is 0.00792. The second-order valence-corrected chi connectivity index (χ2v) is 9.19. The first-order valence-electron chi connectivity index (χ1n) is 10.6. The van der Waals surface area contributed by atoms with Crippen LogP contribution in [0.2, 0.25) is 0 Å². The van der Waals surface area contributed by atoms with Gasteiger partial charge in [-0.05, 0) is 43.2 Å². The number of alkyl halides is 3. The van der Waals surface area contributed by atoms with Crippen molar-refractivity contribution in [1.82, 2.24) is 10.3 Å². The molecule has 1 amide bonds. The molecule has 1 aromatic rings. The van der Waals surface area contributed by atoms with E-state index in [2.05, 4.69) is 10.3 Å². The third kappa shape index (κ3) is 5.50. The summed E-state index contributed by atoms with van der Waals surface area (Å²) >= 11 is 0. The molecule has 4 N–H and O–H groups in total. The maximum Gasteiger partial charge on any atom is 0.418 e. The van der Waals surface area contributed by atoms with Crippen LogP contribution in [0.4, 0.5) is 18.9 Å². The summed E-state index contributed by atoms with van der Waals surface area (Å²) in [6.07, 6.45) is -2.60. The molecule has 3 rings (SSSR count). The van der Waals surface area contributed by atoms with Gasteiger partial charge in [-0.2, -0.15) is 13.2 Å². The number of aliphatic hydroxyl groups is 1. The molecule has 11 heteroatoms. The van der Waals surface area contributed by atoms with Gasteiger partial charge in [0.05, 0.1) is 13.2 Å². The Labute approximate surface area is 184 Å². The SMILES string of the molecule is CC(C)C[C@@](N)(C=O)NC(=O)c1ccc(N2CCC(O)(C(F)(F)F)C2)c(OCC2CC2)n1. The zero-order chi connectivity index (χ0) is 23.7. The van der Waals surface area contributed by atoms with Gasteiger partial charge in [0.25, 0.3) is 5.91 Å². The van der Waals surface area contributed by atoms with Crippen molar-refractivity contribution in [3.05, 3.63) is 17.8 Å². The molecule has 1 saturated carbocycles. The number of ether oxygens (including phenoxy) is 1. The number of β-amino-alcohol motifs (C(OH)–C–C–N with tert-alkyl or cyclic N) is 1. The Morgan fingerprint density at radius 3 is 2.66 bits per heavy atom. The topological polar surface area (TPSA) is 118 Å². The van der Waals surface area contributed by atoms with Gasteiger partial charge in [0.1, 0.15) is 17.0 Å². The summed E-state index contributed by atoms with van der Waals surface area (Å²) in [5.41, 5.74) is 1.77. The van der Waals surface area contributed by atoms with Crippen LogP contribution in [-0.4, -0.2) is 59.4 Å². The molecule has 32 heavy (non-hydrogen) atoms. The third-order valence-corrected chi connectivity index (χ3v) is 5.64. The van der Waals surface area contributed by atoms with Crippen molar-refractivity contribution in [2.24, 2.45) is 17.6 Å². The van der Waals surface area contributed by atoms with Crippen LogP contribution in [0.3, 0.4) is 0 Å². The number of halogens is 3. The van der Waals surface area contributed by atoms with Crippen LogP contribution in [0, 0.1) is 11.8 Å². The Bertz CT molecular complexity index is 862. The average Bonchev–Trinajstić information content (AvgIpc) is 3.44. The van der Waals surface area contributed by atoms with E-state index >= 15 is 0 Å². The Morgan fingerprint density at radius 2 is 2.12 bits per heavy atom. The summed E-state index contributed by atoms with van der Waals surface area (Å²) in [4.78, 5) is 29.7. The first-order chi connectivity index (χ1) is 14.9. The van der Waals surface area contributed by atoms with Crippen LogP contribution in [0.25, 0.3) is 0 Å². The van der Waals surface area contributed by atoms with Crippen molar-refractivity contribution in [2.75, 3.05) is 24.6 Å². The summed E-state index contributed by atoms with van der Waals surface area (Å²) < 4.78 is 45.4. The lowest BCUT2D eigenvalue weighted by Gasteiger charge is -2.28. The Balaban J connectivity index is 1.83. The predicted molar refractivity (Wildman–Crippen MR) is 110 cm³/mol. The lowest BCUT2D eigenvalue weighted by atomic mass is 9.99. The molecular weight excluding hydrogens is 429 g/mol.